The number of hydrogen-bond donors (Lipinski definition) is 4. The summed E-state index contributed by atoms with van der Waals surface area (Å²) in [6, 6.07) is 0. The van der Waals surface area contributed by atoms with Crippen LogP contribution in [0.1, 0.15) is 18.2 Å². The van der Waals surface area contributed by atoms with Crippen LogP contribution < -0.4 is 16.4 Å². The zero-order valence-corrected chi connectivity index (χ0v) is 21.9. The van der Waals surface area contributed by atoms with Crippen molar-refractivity contribution in [1.29, 1.82) is 0 Å². The summed E-state index contributed by atoms with van der Waals surface area (Å²) < 4.78 is 39.4. The summed E-state index contributed by atoms with van der Waals surface area (Å²) in [5.74, 6) is 5.77. The number of nitrogen functional groups attached to an aromatic ring is 1. The molecule has 1 aliphatic heterocycles. The topological polar surface area (TPSA) is 286 Å². The summed E-state index contributed by atoms with van der Waals surface area (Å²) in [5.41, 5.74) is 20.9. The van der Waals surface area contributed by atoms with Gasteiger partial charge in [0.2, 0.25) is 0 Å². The molecule has 6 N–H and O–H groups in total. The van der Waals surface area contributed by atoms with Crippen LogP contribution in [0.5, 0.6) is 0 Å². The fourth-order valence-corrected chi connectivity index (χ4v) is 5.88. The number of ether oxygens (including phenoxy) is 2. The summed E-state index contributed by atoms with van der Waals surface area (Å²) >= 11 is 0. The Balaban J connectivity index is 1.94. The molecule has 0 spiro atoms. The molecule has 0 aromatic carbocycles. The Kier molecular flexibility index (Phi) is 10.5. The first-order valence-electron chi connectivity index (χ1n) is 10.1. The van der Waals surface area contributed by atoms with Crippen molar-refractivity contribution in [3.05, 3.63) is 28.5 Å². The molecule has 2 aromatic rings. The van der Waals surface area contributed by atoms with E-state index in [4.69, 9.17) is 41.5 Å². The van der Waals surface area contributed by atoms with Crippen LogP contribution in [0.2, 0.25) is 0 Å². The van der Waals surface area contributed by atoms with Crippen molar-refractivity contribution in [2.75, 3.05) is 25.6 Å². The van der Waals surface area contributed by atoms with Crippen molar-refractivity contribution in [1.82, 2.24) is 14.5 Å². The van der Waals surface area contributed by atoms with Crippen LogP contribution in [0, 0.1) is 11.8 Å². The first-order valence-corrected chi connectivity index (χ1v) is 15.6. The third kappa shape index (κ3) is 6.49. The second kappa shape index (κ2) is 13.2. The van der Waals surface area contributed by atoms with Gasteiger partial charge in [0.15, 0.2) is 0 Å². The van der Waals surface area contributed by atoms with Gasteiger partial charge >= 0.3 is 215 Å². The van der Waals surface area contributed by atoms with Gasteiger partial charge in [-0.05, 0) is 0 Å². The maximum absolute atomic E-state index is 12.0. The van der Waals surface area contributed by atoms with Gasteiger partial charge in [-0.3, -0.25) is 0 Å². The number of nitrogens with two attached hydrogens (primary N) is 2. The third-order valence-corrected chi connectivity index (χ3v) is 12.1. The molecular weight excluding hydrogens is 577 g/mol. The van der Waals surface area contributed by atoms with Crippen molar-refractivity contribution in [2.45, 2.75) is 24.9 Å². The van der Waals surface area contributed by atoms with Gasteiger partial charge in [0.1, 0.15) is 0 Å². The van der Waals surface area contributed by atoms with E-state index >= 15 is 0 Å². The van der Waals surface area contributed by atoms with E-state index in [1.165, 1.54) is 6.33 Å². The Morgan fingerprint density at radius 3 is 2.87 bits per heavy atom. The number of aromatic nitrogens is 3. The van der Waals surface area contributed by atoms with Crippen molar-refractivity contribution in [3.63, 3.8) is 0 Å². The van der Waals surface area contributed by atoms with Crippen LogP contribution in [-0.2, 0) is 43.0 Å². The molecule has 0 radical (unpaired) electrons. The molecule has 23 heteroatoms. The molecule has 1 aliphatic rings. The van der Waals surface area contributed by atoms with E-state index < -0.39 is 46.2 Å². The fraction of sp³-hybridized carbons (Fsp3) is 0.467. The number of nitrogens with zero attached hydrogens (tertiary/aromatic N) is 6. The molecule has 3 rings (SSSR count). The van der Waals surface area contributed by atoms with E-state index in [1.54, 1.807) is 19.7 Å². The average molecular weight is 598 g/mol. The van der Waals surface area contributed by atoms with Crippen LogP contribution in [-0.4, -0.2) is 57.1 Å². The molecule has 2 aromatic heterocycles. The molecule has 1 saturated heterocycles. The fourth-order valence-electron chi connectivity index (χ4n) is 3.42. The van der Waals surface area contributed by atoms with E-state index in [1.807, 2.05) is 0 Å². The molecule has 0 bridgehead atoms. The molecular formula is C15H21N8O12P3. The summed E-state index contributed by atoms with van der Waals surface area (Å²) in [6.45, 7) is -6.56. The summed E-state index contributed by atoms with van der Waals surface area (Å²) in [5, 5.41) is 31.4. The van der Waals surface area contributed by atoms with E-state index in [-0.39, 0.29) is 18.8 Å². The second-order valence-electron chi connectivity index (χ2n) is 7.14. The number of anilines is 1. The van der Waals surface area contributed by atoms with E-state index in [0.29, 0.717) is 16.6 Å². The normalized spacial score (nSPS) is 20.8. The number of azide groups is 1. The van der Waals surface area contributed by atoms with Crippen LogP contribution in [0.25, 0.3) is 21.5 Å². The molecule has 20 nitrogen and oxygen atoms in total. The standard InChI is InChI=1S/C15H21N8O12P3/c16-3-1-2-9-5-23(15-13(9)14(17)19-7-20-15)12-4-10(28-8-21-22-18)11(30-12)6-29-38(36,34-32-25,37(26)27)35-33-31-24/h5,7,10-12,24-25H,3-4,6,8,16,36H2,(H2,17,19,20). The predicted molar refractivity (Wildman–Crippen MR) is 126 cm³/mol. The van der Waals surface area contributed by atoms with Crippen molar-refractivity contribution in [2.24, 2.45) is 10.8 Å². The van der Waals surface area contributed by atoms with Gasteiger partial charge in [0, 0.05) is 0 Å². The Bertz CT molecular complexity index is 1270. The van der Waals surface area contributed by atoms with Gasteiger partial charge in [-0.2, -0.15) is 0 Å². The van der Waals surface area contributed by atoms with Crippen LogP contribution in [0.15, 0.2) is 17.6 Å². The van der Waals surface area contributed by atoms with Gasteiger partial charge < -0.3 is 0 Å². The van der Waals surface area contributed by atoms with Crippen molar-refractivity contribution >= 4 is 40.2 Å². The van der Waals surface area contributed by atoms with Crippen molar-refractivity contribution in [3.8, 4) is 11.8 Å². The molecule has 3 heterocycles. The van der Waals surface area contributed by atoms with Gasteiger partial charge in [-0.15, -0.1) is 0 Å². The Morgan fingerprint density at radius 1 is 1.42 bits per heavy atom. The molecule has 208 valence electrons. The summed E-state index contributed by atoms with van der Waals surface area (Å²) in [4.78, 5) is 22.9. The molecule has 1 fully saturated rings. The Hall–Kier alpha value is -2.23. The van der Waals surface area contributed by atoms with E-state index in [2.05, 4.69) is 56.3 Å². The average Bonchev–Trinajstić information content (AvgIpc) is 3.47. The van der Waals surface area contributed by atoms with Crippen LogP contribution >= 0.6 is 23.3 Å². The van der Waals surface area contributed by atoms with Gasteiger partial charge in [-0.25, -0.2) is 0 Å². The second-order valence-corrected chi connectivity index (χ2v) is 17.1. The zero-order chi connectivity index (χ0) is 27.8. The predicted octanol–water partition coefficient (Wildman–Crippen LogP) is 1.16. The number of rotatable bonds is 13. The number of hydrogen-bond acceptors (Lipinski definition) is 17. The van der Waals surface area contributed by atoms with Crippen LogP contribution in [0.4, 0.5) is 5.82 Å². The van der Waals surface area contributed by atoms with Gasteiger partial charge in [0.25, 0.3) is 0 Å². The first kappa shape index (κ1) is 30.3. The minimum atomic E-state index is -5.59. The first-order chi connectivity index (χ1) is 18.2. The van der Waals surface area contributed by atoms with Gasteiger partial charge in [-0.1, -0.05) is 0 Å². The quantitative estimate of drug-likeness (QED) is 0.0478. The monoisotopic (exact) mass is 598 g/mol. The maximum atomic E-state index is 12.0. The van der Waals surface area contributed by atoms with Crippen LogP contribution in [0.3, 0.4) is 0 Å². The summed E-state index contributed by atoms with van der Waals surface area (Å²) in [7, 11) is -2.32. The SMILES string of the molecule is [N-]=[N+]=NCOC1CC(n2cc(C#CCN)c3c(N)ncnc32)OC1COP(P)(OOO)(OOOO)[P+](=O)[O-]. The van der Waals surface area contributed by atoms with E-state index in [9.17, 15) is 9.46 Å². The van der Waals surface area contributed by atoms with Crippen molar-refractivity contribution < 1.29 is 58.4 Å². The van der Waals surface area contributed by atoms with E-state index in [0.717, 1.165) is 0 Å². The third-order valence-electron chi connectivity index (χ3n) is 5.00. The summed E-state index contributed by atoms with van der Waals surface area (Å²) in [6.07, 6.45) is 0.205. The zero-order valence-electron chi connectivity index (χ0n) is 19.0. The Morgan fingerprint density at radius 2 is 2.21 bits per heavy atom. The molecule has 0 amide bonds. The molecule has 5 atom stereocenters. The van der Waals surface area contributed by atoms with Gasteiger partial charge in [0.05, 0.1) is 0 Å². The molecule has 5 unspecified atom stereocenters. The minimum absolute atomic E-state index is 0.0880. The number of fused-ring (bicyclic) bond motifs is 1. The molecule has 0 saturated carbocycles. The molecule has 38 heavy (non-hydrogen) atoms. The molecule has 0 aliphatic carbocycles. The Labute approximate surface area is 215 Å².